The Labute approximate surface area is 163 Å². The van der Waals surface area contributed by atoms with Crippen LogP contribution in [-0.2, 0) is 4.74 Å². The van der Waals surface area contributed by atoms with E-state index in [4.69, 9.17) is 9.47 Å². The summed E-state index contributed by atoms with van der Waals surface area (Å²) in [6, 6.07) is 8.72. The molecular weight excluding hydrogens is 362 g/mol. The molecule has 1 aromatic heterocycles. The molecular formula is C19H23N5O4. The molecule has 9 heteroatoms. The molecule has 9 nitrogen and oxygen atoms in total. The summed E-state index contributed by atoms with van der Waals surface area (Å²) in [5.41, 5.74) is 0.821. The number of para-hydroxylation sites is 2. The predicted octanol–water partition coefficient (Wildman–Crippen LogP) is 2.02. The standard InChI is InChI=1S/C19H23N5O4/c1-3-28-19(26)24-12-10-23(11-13-24)18-20-9-8-15(22-18)17(25)21-14-6-4-5-7-16(14)27-2/h4-9H,3,10-13H2,1-2H3,(H,21,25). The average molecular weight is 385 g/mol. The van der Waals surface area contributed by atoms with Crippen LogP contribution in [0.5, 0.6) is 5.75 Å². The van der Waals surface area contributed by atoms with Crippen LogP contribution < -0.4 is 15.0 Å². The summed E-state index contributed by atoms with van der Waals surface area (Å²) < 4.78 is 10.3. The highest BCUT2D eigenvalue weighted by Crippen LogP contribution is 2.23. The van der Waals surface area contributed by atoms with Crippen LogP contribution in [0.2, 0.25) is 0 Å². The summed E-state index contributed by atoms with van der Waals surface area (Å²) in [4.78, 5) is 36.6. The number of hydrogen-bond donors (Lipinski definition) is 1. The van der Waals surface area contributed by atoms with Gasteiger partial charge in [-0.1, -0.05) is 12.1 Å². The van der Waals surface area contributed by atoms with Gasteiger partial charge in [0, 0.05) is 32.4 Å². The molecule has 0 aliphatic carbocycles. The van der Waals surface area contributed by atoms with Gasteiger partial charge in [-0.25, -0.2) is 14.8 Å². The molecule has 0 saturated carbocycles. The number of hydrogen-bond acceptors (Lipinski definition) is 7. The fraction of sp³-hybridized carbons (Fsp3) is 0.368. The van der Waals surface area contributed by atoms with Gasteiger partial charge in [0.1, 0.15) is 11.4 Å². The molecule has 2 aromatic rings. The average Bonchev–Trinajstić information content (AvgIpc) is 2.74. The van der Waals surface area contributed by atoms with Gasteiger partial charge in [0.05, 0.1) is 19.4 Å². The van der Waals surface area contributed by atoms with E-state index in [1.807, 2.05) is 17.0 Å². The Morgan fingerprint density at radius 3 is 2.61 bits per heavy atom. The number of methoxy groups -OCH3 is 1. The van der Waals surface area contributed by atoms with E-state index in [0.717, 1.165) is 0 Å². The summed E-state index contributed by atoms with van der Waals surface area (Å²) in [6.45, 7) is 4.29. The number of piperazine rings is 1. The molecule has 0 radical (unpaired) electrons. The molecule has 28 heavy (non-hydrogen) atoms. The lowest BCUT2D eigenvalue weighted by Gasteiger charge is -2.34. The molecule has 2 heterocycles. The van der Waals surface area contributed by atoms with Crippen molar-refractivity contribution in [1.82, 2.24) is 14.9 Å². The van der Waals surface area contributed by atoms with Gasteiger partial charge in [0.2, 0.25) is 5.95 Å². The van der Waals surface area contributed by atoms with Crippen LogP contribution in [0, 0.1) is 0 Å². The number of ether oxygens (including phenoxy) is 2. The van der Waals surface area contributed by atoms with E-state index in [1.54, 1.807) is 43.3 Å². The predicted molar refractivity (Wildman–Crippen MR) is 104 cm³/mol. The summed E-state index contributed by atoms with van der Waals surface area (Å²) in [5.74, 6) is 0.676. The third-order valence-corrected chi connectivity index (χ3v) is 4.32. The topological polar surface area (TPSA) is 96.9 Å². The third kappa shape index (κ3) is 4.48. The van der Waals surface area contributed by atoms with E-state index in [9.17, 15) is 9.59 Å². The first kappa shape index (κ1) is 19.4. The molecule has 1 saturated heterocycles. The Balaban J connectivity index is 1.66. The number of nitrogens with one attached hydrogen (secondary N) is 1. The monoisotopic (exact) mass is 385 g/mol. The summed E-state index contributed by atoms with van der Waals surface area (Å²) in [7, 11) is 1.55. The minimum absolute atomic E-state index is 0.253. The molecule has 3 rings (SSSR count). The highest BCUT2D eigenvalue weighted by atomic mass is 16.6. The van der Waals surface area contributed by atoms with Crippen molar-refractivity contribution in [3.8, 4) is 5.75 Å². The Bertz CT molecular complexity index is 837. The number of amides is 2. The zero-order valence-corrected chi connectivity index (χ0v) is 15.9. The highest BCUT2D eigenvalue weighted by Gasteiger charge is 2.24. The van der Waals surface area contributed by atoms with Crippen molar-refractivity contribution in [3.05, 3.63) is 42.2 Å². The number of benzene rings is 1. The molecule has 148 valence electrons. The van der Waals surface area contributed by atoms with Gasteiger partial charge in [0.15, 0.2) is 0 Å². The number of rotatable bonds is 5. The quantitative estimate of drug-likeness (QED) is 0.841. The van der Waals surface area contributed by atoms with E-state index in [-0.39, 0.29) is 17.7 Å². The van der Waals surface area contributed by atoms with Crippen molar-refractivity contribution < 1.29 is 19.1 Å². The van der Waals surface area contributed by atoms with Crippen LogP contribution in [-0.4, -0.2) is 66.8 Å². The lowest BCUT2D eigenvalue weighted by atomic mass is 10.2. The Kier molecular flexibility index (Phi) is 6.25. The maximum Gasteiger partial charge on any atom is 0.409 e. The van der Waals surface area contributed by atoms with Crippen molar-refractivity contribution >= 4 is 23.6 Å². The van der Waals surface area contributed by atoms with Gasteiger partial charge in [0.25, 0.3) is 5.91 Å². The molecule has 1 aliphatic rings. The molecule has 0 bridgehead atoms. The minimum Gasteiger partial charge on any atom is -0.495 e. The van der Waals surface area contributed by atoms with Crippen LogP contribution in [0.25, 0.3) is 0 Å². The van der Waals surface area contributed by atoms with Crippen LogP contribution >= 0.6 is 0 Å². The smallest absolute Gasteiger partial charge is 0.409 e. The maximum absolute atomic E-state index is 12.6. The Morgan fingerprint density at radius 1 is 1.14 bits per heavy atom. The molecule has 0 spiro atoms. The minimum atomic E-state index is -0.349. The highest BCUT2D eigenvalue weighted by molar-refractivity contribution is 6.03. The molecule has 2 amide bonds. The Morgan fingerprint density at radius 2 is 1.89 bits per heavy atom. The second-order valence-electron chi connectivity index (χ2n) is 6.07. The van der Waals surface area contributed by atoms with E-state index in [2.05, 4.69) is 15.3 Å². The summed E-state index contributed by atoms with van der Waals surface area (Å²) in [6.07, 6.45) is 1.24. The van der Waals surface area contributed by atoms with Crippen molar-refractivity contribution in [3.63, 3.8) is 0 Å². The summed E-state index contributed by atoms with van der Waals surface area (Å²) in [5, 5.41) is 2.80. The van der Waals surface area contributed by atoms with Gasteiger partial charge in [-0.15, -0.1) is 0 Å². The van der Waals surface area contributed by atoms with Crippen LogP contribution in [0.15, 0.2) is 36.5 Å². The first-order valence-electron chi connectivity index (χ1n) is 9.06. The van der Waals surface area contributed by atoms with Crippen molar-refractivity contribution in [2.24, 2.45) is 0 Å². The number of anilines is 2. The zero-order chi connectivity index (χ0) is 19.9. The van der Waals surface area contributed by atoms with Crippen molar-refractivity contribution in [2.75, 3.05) is 50.1 Å². The van der Waals surface area contributed by atoms with Gasteiger partial charge in [-0.05, 0) is 25.1 Å². The number of carbonyl (C=O) groups excluding carboxylic acids is 2. The Hall–Kier alpha value is -3.36. The maximum atomic E-state index is 12.6. The molecule has 1 fully saturated rings. The van der Waals surface area contributed by atoms with Gasteiger partial charge < -0.3 is 24.6 Å². The van der Waals surface area contributed by atoms with Gasteiger partial charge >= 0.3 is 6.09 Å². The normalized spacial score (nSPS) is 13.8. The number of nitrogens with zero attached hydrogens (tertiary/aromatic N) is 4. The van der Waals surface area contributed by atoms with Gasteiger partial charge in [-0.2, -0.15) is 0 Å². The molecule has 0 unspecified atom stereocenters. The molecule has 1 aromatic carbocycles. The van der Waals surface area contributed by atoms with Crippen LogP contribution in [0.4, 0.5) is 16.4 Å². The number of carbonyl (C=O) groups is 2. The largest absolute Gasteiger partial charge is 0.495 e. The fourth-order valence-corrected chi connectivity index (χ4v) is 2.87. The van der Waals surface area contributed by atoms with Gasteiger partial charge in [-0.3, -0.25) is 4.79 Å². The van der Waals surface area contributed by atoms with Crippen LogP contribution in [0.3, 0.4) is 0 Å². The summed E-state index contributed by atoms with van der Waals surface area (Å²) >= 11 is 0. The fourth-order valence-electron chi connectivity index (χ4n) is 2.87. The second kappa shape index (κ2) is 9.03. The molecule has 1 aliphatic heterocycles. The molecule has 0 atom stereocenters. The first-order chi connectivity index (χ1) is 13.6. The number of aromatic nitrogens is 2. The van der Waals surface area contributed by atoms with Crippen molar-refractivity contribution in [1.29, 1.82) is 0 Å². The molecule has 1 N–H and O–H groups in total. The van der Waals surface area contributed by atoms with E-state index in [1.165, 1.54) is 0 Å². The zero-order valence-electron chi connectivity index (χ0n) is 15.9. The lowest BCUT2D eigenvalue weighted by Crippen LogP contribution is -2.49. The first-order valence-corrected chi connectivity index (χ1v) is 9.06. The van der Waals surface area contributed by atoms with Crippen LogP contribution in [0.1, 0.15) is 17.4 Å². The SMILES string of the molecule is CCOC(=O)N1CCN(c2nccc(C(=O)Nc3ccccc3OC)n2)CC1. The third-order valence-electron chi connectivity index (χ3n) is 4.32. The van der Waals surface area contributed by atoms with Crippen molar-refractivity contribution in [2.45, 2.75) is 6.92 Å². The van der Waals surface area contributed by atoms with E-state index < -0.39 is 0 Å². The lowest BCUT2D eigenvalue weighted by molar-refractivity contribution is 0.102. The second-order valence-corrected chi connectivity index (χ2v) is 6.07. The van der Waals surface area contributed by atoms with E-state index >= 15 is 0 Å². The van der Waals surface area contributed by atoms with E-state index in [0.29, 0.717) is 50.2 Å².